The summed E-state index contributed by atoms with van der Waals surface area (Å²) in [5, 5.41) is 9.35. The lowest BCUT2D eigenvalue weighted by Gasteiger charge is -2.42. The van der Waals surface area contributed by atoms with Crippen molar-refractivity contribution in [1.82, 2.24) is 9.80 Å². The molecule has 84 valence electrons. The second-order valence-corrected chi connectivity index (χ2v) is 4.78. The zero-order valence-corrected chi connectivity index (χ0v) is 9.90. The van der Waals surface area contributed by atoms with E-state index in [2.05, 4.69) is 30.7 Å². The number of hydrogen-bond donors (Lipinski definition) is 1. The maximum atomic E-state index is 9.35. The fraction of sp³-hybridized carbons (Fsp3) is 1.00. The summed E-state index contributed by atoms with van der Waals surface area (Å²) in [6, 6.07) is 1.11. The summed E-state index contributed by atoms with van der Waals surface area (Å²) in [4.78, 5) is 4.88. The van der Waals surface area contributed by atoms with Gasteiger partial charge in [-0.3, -0.25) is 4.90 Å². The van der Waals surface area contributed by atoms with Gasteiger partial charge in [-0.05, 0) is 34.2 Å². The molecule has 0 amide bonds. The van der Waals surface area contributed by atoms with Gasteiger partial charge in [-0.2, -0.15) is 0 Å². The van der Waals surface area contributed by atoms with E-state index in [4.69, 9.17) is 0 Å². The lowest BCUT2D eigenvalue weighted by molar-refractivity contribution is 0.0445. The van der Waals surface area contributed by atoms with Crippen LogP contribution in [0.2, 0.25) is 0 Å². The molecule has 1 aliphatic heterocycles. The highest BCUT2D eigenvalue weighted by molar-refractivity contribution is 4.81. The highest BCUT2D eigenvalue weighted by Gasteiger charge is 2.25. The Balaban J connectivity index is 2.43. The molecule has 1 fully saturated rings. The number of aliphatic hydroxyl groups excluding tert-OH is 1. The third kappa shape index (κ3) is 3.23. The van der Waals surface area contributed by atoms with E-state index >= 15 is 0 Å². The Kier molecular flexibility index (Phi) is 4.35. The van der Waals surface area contributed by atoms with Crippen molar-refractivity contribution in [2.45, 2.75) is 45.4 Å². The van der Waals surface area contributed by atoms with Crippen molar-refractivity contribution in [3.63, 3.8) is 0 Å². The van der Waals surface area contributed by atoms with Crippen LogP contribution in [-0.4, -0.2) is 59.8 Å². The summed E-state index contributed by atoms with van der Waals surface area (Å²) in [5.74, 6) is 0. The van der Waals surface area contributed by atoms with Gasteiger partial charge in [0.15, 0.2) is 0 Å². The second kappa shape index (κ2) is 5.10. The SMILES string of the molecule is CC(O)CC(C)N1CCN(C)CC1C. The van der Waals surface area contributed by atoms with Crippen LogP contribution in [0.25, 0.3) is 0 Å². The van der Waals surface area contributed by atoms with Gasteiger partial charge in [0.1, 0.15) is 0 Å². The molecule has 1 saturated heterocycles. The smallest absolute Gasteiger partial charge is 0.0526 e. The summed E-state index contributed by atoms with van der Waals surface area (Å²) in [5.41, 5.74) is 0. The molecule has 14 heavy (non-hydrogen) atoms. The minimum absolute atomic E-state index is 0.183. The Morgan fingerprint density at radius 3 is 2.50 bits per heavy atom. The summed E-state index contributed by atoms with van der Waals surface area (Å²) >= 11 is 0. The van der Waals surface area contributed by atoms with Gasteiger partial charge in [0.25, 0.3) is 0 Å². The standard InChI is InChI=1S/C11H24N2O/c1-9(7-11(3)14)13-6-5-12(4)8-10(13)2/h9-11,14H,5-8H2,1-4H3. The highest BCUT2D eigenvalue weighted by atomic mass is 16.3. The van der Waals surface area contributed by atoms with Gasteiger partial charge in [-0.1, -0.05) is 0 Å². The topological polar surface area (TPSA) is 26.7 Å². The zero-order chi connectivity index (χ0) is 10.7. The Labute approximate surface area is 87.7 Å². The van der Waals surface area contributed by atoms with E-state index in [0.717, 1.165) is 26.1 Å². The number of hydrogen-bond acceptors (Lipinski definition) is 3. The van der Waals surface area contributed by atoms with Crippen molar-refractivity contribution < 1.29 is 5.11 Å². The molecule has 0 saturated carbocycles. The van der Waals surface area contributed by atoms with E-state index in [9.17, 15) is 5.11 Å². The molecule has 0 aromatic heterocycles. The third-order valence-corrected chi connectivity index (χ3v) is 3.13. The molecule has 0 radical (unpaired) electrons. The molecule has 1 rings (SSSR count). The fourth-order valence-electron chi connectivity index (χ4n) is 2.44. The maximum Gasteiger partial charge on any atom is 0.0526 e. The number of nitrogens with zero attached hydrogens (tertiary/aromatic N) is 2. The Bertz CT molecular complexity index is 173. The molecule has 0 aliphatic carbocycles. The van der Waals surface area contributed by atoms with Crippen molar-refractivity contribution in [3.8, 4) is 0 Å². The molecular formula is C11H24N2O. The van der Waals surface area contributed by atoms with E-state index < -0.39 is 0 Å². The minimum Gasteiger partial charge on any atom is -0.393 e. The lowest BCUT2D eigenvalue weighted by Crippen LogP contribution is -2.54. The van der Waals surface area contributed by atoms with E-state index in [0.29, 0.717) is 12.1 Å². The second-order valence-electron chi connectivity index (χ2n) is 4.78. The molecule has 3 nitrogen and oxygen atoms in total. The predicted molar refractivity (Wildman–Crippen MR) is 59.4 cm³/mol. The molecule has 1 N–H and O–H groups in total. The molecule has 3 unspecified atom stereocenters. The number of likely N-dealkylation sites (N-methyl/N-ethyl adjacent to an activating group) is 1. The van der Waals surface area contributed by atoms with Crippen molar-refractivity contribution in [2.24, 2.45) is 0 Å². The number of rotatable bonds is 3. The Morgan fingerprint density at radius 2 is 2.00 bits per heavy atom. The molecule has 0 aromatic carbocycles. The van der Waals surface area contributed by atoms with Gasteiger partial charge in [-0.15, -0.1) is 0 Å². The van der Waals surface area contributed by atoms with Gasteiger partial charge in [0.05, 0.1) is 6.10 Å². The normalized spacial score (nSPS) is 30.2. The highest BCUT2D eigenvalue weighted by Crippen LogP contribution is 2.15. The summed E-state index contributed by atoms with van der Waals surface area (Å²) in [6.07, 6.45) is 0.700. The van der Waals surface area contributed by atoms with Crippen molar-refractivity contribution >= 4 is 0 Å². The van der Waals surface area contributed by atoms with Crippen LogP contribution in [0.3, 0.4) is 0 Å². The van der Waals surface area contributed by atoms with Gasteiger partial charge in [-0.25, -0.2) is 0 Å². The first-order valence-electron chi connectivity index (χ1n) is 5.63. The van der Waals surface area contributed by atoms with E-state index in [1.807, 2.05) is 6.92 Å². The molecular weight excluding hydrogens is 176 g/mol. The van der Waals surface area contributed by atoms with Gasteiger partial charge in [0, 0.05) is 31.7 Å². The molecule has 1 aliphatic rings. The molecule has 1 heterocycles. The summed E-state index contributed by atoms with van der Waals surface area (Å²) in [6.45, 7) is 9.78. The largest absolute Gasteiger partial charge is 0.393 e. The fourth-order valence-corrected chi connectivity index (χ4v) is 2.44. The maximum absolute atomic E-state index is 9.35. The van der Waals surface area contributed by atoms with E-state index in [-0.39, 0.29) is 6.10 Å². The zero-order valence-electron chi connectivity index (χ0n) is 9.90. The molecule has 0 spiro atoms. The van der Waals surface area contributed by atoms with Crippen LogP contribution in [0.4, 0.5) is 0 Å². The number of aliphatic hydroxyl groups is 1. The van der Waals surface area contributed by atoms with E-state index in [1.54, 1.807) is 0 Å². The average molecular weight is 200 g/mol. The van der Waals surface area contributed by atoms with Crippen LogP contribution in [0.1, 0.15) is 27.2 Å². The summed E-state index contributed by atoms with van der Waals surface area (Å²) in [7, 11) is 2.17. The Morgan fingerprint density at radius 1 is 1.36 bits per heavy atom. The van der Waals surface area contributed by atoms with E-state index in [1.165, 1.54) is 0 Å². The Hall–Kier alpha value is -0.120. The first kappa shape index (κ1) is 12.0. The van der Waals surface area contributed by atoms with Crippen molar-refractivity contribution in [2.75, 3.05) is 26.7 Å². The van der Waals surface area contributed by atoms with Gasteiger partial charge >= 0.3 is 0 Å². The molecule has 0 bridgehead atoms. The minimum atomic E-state index is -0.183. The van der Waals surface area contributed by atoms with Crippen LogP contribution in [0.5, 0.6) is 0 Å². The van der Waals surface area contributed by atoms with Crippen LogP contribution in [0, 0.1) is 0 Å². The van der Waals surface area contributed by atoms with Crippen LogP contribution in [0.15, 0.2) is 0 Å². The predicted octanol–water partition coefficient (Wildman–Crippen LogP) is 0.782. The molecule has 3 atom stereocenters. The first-order chi connectivity index (χ1) is 6.50. The average Bonchev–Trinajstić information content (AvgIpc) is 2.01. The molecule has 0 aromatic rings. The summed E-state index contributed by atoms with van der Waals surface area (Å²) < 4.78 is 0. The van der Waals surface area contributed by atoms with Crippen LogP contribution >= 0.6 is 0 Å². The third-order valence-electron chi connectivity index (χ3n) is 3.13. The van der Waals surface area contributed by atoms with Crippen LogP contribution in [-0.2, 0) is 0 Å². The van der Waals surface area contributed by atoms with Crippen LogP contribution < -0.4 is 0 Å². The van der Waals surface area contributed by atoms with Crippen molar-refractivity contribution in [3.05, 3.63) is 0 Å². The lowest BCUT2D eigenvalue weighted by atomic mass is 10.1. The number of piperazine rings is 1. The quantitative estimate of drug-likeness (QED) is 0.729. The monoisotopic (exact) mass is 200 g/mol. The van der Waals surface area contributed by atoms with Crippen molar-refractivity contribution in [1.29, 1.82) is 0 Å². The van der Waals surface area contributed by atoms with Gasteiger partial charge in [0.2, 0.25) is 0 Å². The van der Waals surface area contributed by atoms with Gasteiger partial charge < -0.3 is 10.0 Å². The first-order valence-corrected chi connectivity index (χ1v) is 5.63. The molecule has 3 heteroatoms.